The van der Waals surface area contributed by atoms with Crippen molar-refractivity contribution in [2.45, 2.75) is 39.3 Å². The molecule has 20 heavy (non-hydrogen) atoms. The predicted octanol–water partition coefficient (Wildman–Crippen LogP) is 3.07. The van der Waals surface area contributed by atoms with Crippen LogP contribution in [0.4, 0.5) is 11.4 Å². The van der Waals surface area contributed by atoms with Gasteiger partial charge in [0.15, 0.2) is 0 Å². The molecule has 0 aliphatic carbocycles. The van der Waals surface area contributed by atoms with E-state index in [0.717, 1.165) is 0 Å². The average Bonchev–Trinajstić information content (AvgIpc) is 2.29. The van der Waals surface area contributed by atoms with Crippen molar-refractivity contribution < 1.29 is 9.72 Å². The van der Waals surface area contributed by atoms with Crippen molar-refractivity contribution in [1.29, 1.82) is 0 Å². The fourth-order valence-corrected chi connectivity index (χ4v) is 1.99. The lowest BCUT2D eigenvalue weighted by Crippen LogP contribution is -2.47. The Labute approximate surface area is 126 Å². The first-order valence-corrected chi connectivity index (χ1v) is 6.92. The molecule has 1 atom stereocenters. The summed E-state index contributed by atoms with van der Waals surface area (Å²) in [6, 6.07) is 3.91. The summed E-state index contributed by atoms with van der Waals surface area (Å²) in [5, 5.41) is 16.5. The third kappa shape index (κ3) is 4.80. The highest BCUT2D eigenvalue weighted by atomic mass is 79.9. The molecule has 0 fully saturated rings. The van der Waals surface area contributed by atoms with Gasteiger partial charge in [0.25, 0.3) is 5.69 Å². The Balaban J connectivity index is 2.78. The number of non-ortho nitro benzene ring substituents is 1. The van der Waals surface area contributed by atoms with Gasteiger partial charge >= 0.3 is 0 Å². The first kappa shape index (κ1) is 16.4. The number of nitro groups is 1. The Morgan fingerprint density at radius 2 is 2.00 bits per heavy atom. The first-order chi connectivity index (χ1) is 9.10. The molecule has 1 aromatic rings. The zero-order chi connectivity index (χ0) is 15.5. The topological polar surface area (TPSA) is 84.3 Å². The van der Waals surface area contributed by atoms with Crippen molar-refractivity contribution in [2.24, 2.45) is 0 Å². The molecule has 0 spiro atoms. The van der Waals surface area contributed by atoms with Gasteiger partial charge in [0, 0.05) is 27.8 Å². The van der Waals surface area contributed by atoms with Crippen molar-refractivity contribution in [1.82, 2.24) is 5.32 Å². The summed E-state index contributed by atoms with van der Waals surface area (Å²) in [4.78, 5) is 22.1. The van der Waals surface area contributed by atoms with Crippen molar-refractivity contribution in [3.8, 4) is 0 Å². The van der Waals surface area contributed by atoms with Gasteiger partial charge in [-0.3, -0.25) is 14.9 Å². The molecule has 7 heteroatoms. The monoisotopic (exact) mass is 343 g/mol. The van der Waals surface area contributed by atoms with E-state index in [9.17, 15) is 14.9 Å². The van der Waals surface area contributed by atoms with Crippen LogP contribution in [-0.2, 0) is 4.79 Å². The molecule has 1 rings (SSSR count). The lowest BCUT2D eigenvalue weighted by Gasteiger charge is -2.24. The minimum absolute atomic E-state index is 0.00535. The third-order valence-corrected chi connectivity index (χ3v) is 3.08. The van der Waals surface area contributed by atoms with Gasteiger partial charge in [-0.15, -0.1) is 0 Å². The number of nitro benzene ring substituents is 1. The lowest BCUT2D eigenvalue weighted by atomic mass is 10.1. The summed E-state index contributed by atoms with van der Waals surface area (Å²) < 4.78 is 0.544. The van der Waals surface area contributed by atoms with E-state index in [1.54, 1.807) is 13.0 Å². The van der Waals surface area contributed by atoms with E-state index >= 15 is 0 Å². The maximum atomic E-state index is 12.0. The Morgan fingerprint density at radius 3 is 2.45 bits per heavy atom. The summed E-state index contributed by atoms with van der Waals surface area (Å²) >= 11 is 3.26. The van der Waals surface area contributed by atoms with Gasteiger partial charge < -0.3 is 10.6 Å². The lowest BCUT2D eigenvalue weighted by molar-refractivity contribution is -0.384. The summed E-state index contributed by atoms with van der Waals surface area (Å²) in [6.45, 7) is 7.44. The van der Waals surface area contributed by atoms with Crippen LogP contribution < -0.4 is 10.6 Å². The van der Waals surface area contributed by atoms with Gasteiger partial charge in [0.1, 0.15) is 6.04 Å². The van der Waals surface area contributed by atoms with Gasteiger partial charge in [-0.25, -0.2) is 0 Å². The molecule has 0 aliphatic heterocycles. The normalized spacial score (nSPS) is 12.7. The van der Waals surface area contributed by atoms with Gasteiger partial charge in [-0.2, -0.15) is 0 Å². The molecule has 1 amide bonds. The number of nitrogens with zero attached hydrogens (tertiary/aromatic N) is 1. The highest BCUT2D eigenvalue weighted by molar-refractivity contribution is 9.10. The Kier molecular flexibility index (Phi) is 5.10. The molecule has 6 nitrogen and oxygen atoms in total. The van der Waals surface area contributed by atoms with Gasteiger partial charge in [0.05, 0.1) is 4.92 Å². The van der Waals surface area contributed by atoms with Gasteiger partial charge in [0.2, 0.25) is 5.91 Å². The van der Waals surface area contributed by atoms with Crippen LogP contribution >= 0.6 is 15.9 Å². The summed E-state index contributed by atoms with van der Waals surface area (Å²) in [7, 11) is 0. The molecule has 2 N–H and O–H groups in total. The molecule has 0 heterocycles. The van der Waals surface area contributed by atoms with Crippen LogP contribution in [0.5, 0.6) is 0 Å². The molecule has 0 saturated carbocycles. The molecular formula is C13H18BrN3O3. The first-order valence-electron chi connectivity index (χ1n) is 6.12. The number of halogens is 1. The van der Waals surface area contributed by atoms with Gasteiger partial charge in [-0.05, 0) is 49.7 Å². The molecule has 1 aromatic carbocycles. The van der Waals surface area contributed by atoms with Gasteiger partial charge in [-0.1, -0.05) is 0 Å². The fraction of sp³-hybridized carbons (Fsp3) is 0.462. The second-order valence-electron chi connectivity index (χ2n) is 5.53. The van der Waals surface area contributed by atoms with E-state index < -0.39 is 11.0 Å². The van der Waals surface area contributed by atoms with Crippen LogP contribution in [0.15, 0.2) is 22.7 Å². The number of hydrogen-bond acceptors (Lipinski definition) is 4. The molecule has 110 valence electrons. The second kappa shape index (κ2) is 6.21. The van der Waals surface area contributed by atoms with Crippen molar-refractivity contribution in [3.63, 3.8) is 0 Å². The zero-order valence-electron chi connectivity index (χ0n) is 11.9. The highest BCUT2D eigenvalue weighted by Crippen LogP contribution is 2.27. The molecule has 0 aromatic heterocycles. The van der Waals surface area contributed by atoms with Crippen molar-refractivity contribution >= 4 is 33.2 Å². The number of benzene rings is 1. The van der Waals surface area contributed by atoms with Crippen LogP contribution in [0.3, 0.4) is 0 Å². The number of rotatable bonds is 4. The van der Waals surface area contributed by atoms with Crippen molar-refractivity contribution in [3.05, 3.63) is 32.8 Å². The minimum atomic E-state index is -0.468. The standard InChI is InChI=1S/C13H18BrN3O3/c1-8(12(18)16-13(2,3)4)15-11-6-5-9(17(19)20)7-10(11)14/h5-8,15H,1-4H3,(H,16,18). The van der Waals surface area contributed by atoms with Crippen LogP contribution in [0.2, 0.25) is 0 Å². The molecule has 0 bridgehead atoms. The Morgan fingerprint density at radius 1 is 1.40 bits per heavy atom. The summed E-state index contributed by atoms with van der Waals surface area (Å²) in [6.07, 6.45) is 0. The van der Waals surface area contributed by atoms with Crippen molar-refractivity contribution in [2.75, 3.05) is 5.32 Å². The van der Waals surface area contributed by atoms with Crippen LogP contribution in [-0.4, -0.2) is 22.4 Å². The predicted molar refractivity (Wildman–Crippen MR) is 81.8 cm³/mol. The van der Waals surface area contributed by atoms with E-state index in [1.165, 1.54) is 12.1 Å². The Bertz CT molecular complexity index is 526. The van der Waals surface area contributed by atoms with Crippen LogP contribution in [0.25, 0.3) is 0 Å². The number of carbonyl (C=O) groups is 1. The number of amides is 1. The average molecular weight is 344 g/mol. The largest absolute Gasteiger partial charge is 0.373 e. The van der Waals surface area contributed by atoms with E-state index in [2.05, 4.69) is 26.6 Å². The van der Waals surface area contributed by atoms with Crippen LogP contribution in [0.1, 0.15) is 27.7 Å². The van der Waals surface area contributed by atoms with E-state index in [-0.39, 0.29) is 17.1 Å². The third-order valence-electron chi connectivity index (χ3n) is 2.43. The molecule has 0 aliphatic rings. The maximum Gasteiger partial charge on any atom is 0.270 e. The van der Waals surface area contributed by atoms with E-state index in [1.807, 2.05) is 20.8 Å². The quantitative estimate of drug-likeness (QED) is 0.649. The number of hydrogen-bond donors (Lipinski definition) is 2. The maximum absolute atomic E-state index is 12.0. The molecule has 1 unspecified atom stereocenters. The zero-order valence-corrected chi connectivity index (χ0v) is 13.4. The molecular weight excluding hydrogens is 326 g/mol. The molecule has 0 saturated heterocycles. The smallest absolute Gasteiger partial charge is 0.270 e. The summed E-state index contributed by atoms with van der Waals surface area (Å²) in [5.41, 5.74) is 0.320. The number of carbonyl (C=O) groups excluding carboxylic acids is 1. The summed E-state index contributed by atoms with van der Waals surface area (Å²) in [5.74, 6) is -0.136. The second-order valence-corrected chi connectivity index (χ2v) is 6.38. The van der Waals surface area contributed by atoms with E-state index in [4.69, 9.17) is 0 Å². The SMILES string of the molecule is CC(Nc1ccc([N+](=O)[O-])cc1Br)C(=O)NC(C)(C)C. The van der Waals surface area contributed by atoms with Crippen LogP contribution in [0, 0.1) is 10.1 Å². The minimum Gasteiger partial charge on any atom is -0.373 e. The highest BCUT2D eigenvalue weighted by Gasteiger charge is 2.20. The number of nitrogens with one attached hydrogen (secondary N) is 2. The van der Waals surface area contributed by atoms with E-state index in [0.29, 0.717) is 10.2 Å². The number of anilines is 1. The fourth-order valence-electron chi connectivity index (χ4n) is 1.51. The Hall–Kier alpha value is -1.63. The molecule has 0 radical (unpaired) electrons.